The van der Waals surface area contributed by atoms with Crippen molar-refractivity contribution in [2.24, 2.45) is 11.7 Å². The smallest absolute Gasteiger partial charge is 0.231 e. The van der Waals surface area contributed by atoms with Crippen molar-refractivity contribution in [2.75, 3.05) is 0 Å². The summed E-state index contributed by atoms with van der Waals surface area (Å²) in [4.78, 5) is 4.57. The van der Waals surface area contributed by atoms with Crippen LogP contribution >= 0.6 is 0 Å². The minimum Gasteiger partial charge on any atom is -0.339 e. The van der Waals surface area contributed by atoms with Crippen LogP contribution in [0, 0.1) is 5.92 Å². The average molecular weight is 251 g/mol. The van der Waals surface area contributed by atoms with Gasteiger partial charge in [0.05, 0.1) is 5.92 Å². The number of nitrogens with two attached hydrogens (primary N) is 1. The van der Waals surface area contributed by atoms with Gasteiger partial charge in [-0.25, -0.2) is 0 Å². The first-order valence-electron chi connectivity index (χ1n) is 7.20. The maximum absolute atomic E-state index is 6.03. The zero-order valence-corrected chi connectivity index (χ0v) is 11.7. The Balaban J connectivity index is 2.01. The number of rotatable bonds is 4. The van der Waals surface area contributed by atoms with Gasteiger partial charge >= 0.3 is 0 Å². The van der Waals surface area contributed by atoms with E-state index >= 15 is 0 Å². The van der Waals surface area contributed by atoms with E-state index in [-0.39, 0.29) is 12.0 Å². The van der Waals surface area contributed by atoms with Crippen molar-refractivity contribution in [3.8, 4) is 0 Å². The lowest BCUT2D eigenvalue weighted by Gasteiger charge is -2.23. The Kier molecular flexibility index (Phi) is 4.38. The second kappa shape index (κ2) is 5.83. The summed E-state index contributed by atoms with van der Waals surface area (Å²) >= 11 is 0. The molecule has 1 fully saturated rings. The quantitative estimate of drug-likeness (QED) is 0.892. The highest BCUT2D eigenvalue weighted by molar-refractivity contribution is 5.01. The van der Waals surface area contributed by atoms with Crippen LogP contribution in [-0.2, 0) is 0 Å². The van der Waals surface area contributed by atoms with E-state index in [0.29, 0.717) is 11.8 Å². The minimum atomic E-state index is 0.102. The molecule has 1 aromatic rings. The van der Waals surface area contributed by atoms with Crippen LogP contribution in [0.2, 0.25) is 0 Å². The summed E-state index contributed by atoms with van der Waals surface area (Å²) in [7, 11) is 0. The van der Waals surface area contributed by atoms with E-state index in [1.807, 2.05) is 0 Å². The van der Waals surface area contributed by atoms with Gasteiger partial charge in [0.15, 0.2) is 5.82 Å². The molecule has 0 amide bonds. The van der Waals surface area contributed by atoms with Gasteiger partial charge in [0.1, 0.15) is 0 Å². The summed E-state index contributed by atoms with van der Waals surface area (Å²) < 4.78 is 5.39. The number of hydrogen-bond acceptors (Lipinski definition) is 4. The van der Waals surface area contributed by atoms with Crippen LogP contribution in [0.25, 0.3) is 0 Å². The average Bonchev–Trinajstić information content (AvgIpc) is 2.87. The highest BCUT2D eigenvalue weighted by Crippen LogP contribution is 2.34. The van der Waals surface area contributed by atoms with Crippen LogP contribution in [0.5, 0.6) is 0 Å². The van der Waals surface area contributed by atoms with Gasteiger partial charge in [-0.3, -0.25) is 0 Å². The number of hydrogen-bond donors (Lipinski definition) is 1. The molecular formula is C14H25N3O. The van der Waals surface area contributed by atoms with Crippen molar-refractivity contribution in [3.05, 3.63) is 11.7 Å². The Morgan fingerprint density at radius 3 is 2.61 bits per heavy atom. The van der Waals surface area contributed by atoms with Crippen LogP contribution in [0.4, 0.5) is 0 Å². The van der Waals surface area contributed by atoms with Crippen molar-refractivity contribution in [1.82, 2.24) is 10.1 Å². The molecule has 4 heteroatoms. The molecule has 2 unspecified atom stereocenters. The molecule has 0 spiro atoms. The van der Waals surface area contributed by atoms with Gasteiger partial charge in [-0.2, -0.15) is 4.98 Å². The Labute approximate surface area is 109 Å². The summed E-state index contributed by atoms with van der Waals surface area (Å²) in [5.41, 5.74) is 6.03. The van der Waals surface area contributed by atoms with Crippen molar-refractivity contribution in [1.29, 1.82) is 0 Å². The molecular weight excluding hydrogens is 226 g/mol. The molecule has 102 valence electrons. The van der Waals surface area contributed by atoms with Gasteiger partial charge in [0.25, 0.3) is 0 Å². The SMILES string of the molecule is CCC(N)C(C)c1nc(C2CCC(C)CC2)no1. The standard InChI is InChI=1S/C14H25N3O/c1-4-12(15)10(3)14-16-13(17-18-14)11-7-5-9(2)6-8-11/h9-12H,4-8,15H2,1-3H3. The number of nitrogens with zero attached hydrogens (tertiary/aromatic N) is 2. The summed E-state index contributed by atoms with van der Waals surface area (Å²) in [6.07, 6.45) is 5.86. The minimum absolute atomic E-state index is 0.102. The Morgan fingerprint density at radius 2 is 2.00 bits per heavy atom. The normalized spacial score (nSPS) is 28.0. The lowest BCUT2D eigenvalue weighted by Crippen LogP contribution is -2.25. The molecule has 1 aliphatic carbocycles. The third-order valence-electron chi connectivity index (χ3n) is 4.34. The molecule has 0 bridgehead atoms. The van der Waals surface area contributed by atoms with Gasteiger partial charge in [-0.05, 0) is 25.2 Å². The second-order valence-electron chi connectivity index (χ2n) is 5.81. The molecule has 1 heterocycles. The largest absolute Gasteiger partial charge is 0.339 e. The van der Waals surface area contributed by atoms with E-state index in [4.69, 9.17) is 10.3 Å². The van der Waals surface area contributed by atoms with Gasteiger partial charge in [-0.15, -0.1) is 0 Å². The van der Waals surface area contributed by atoms with Gasteiger partial charge in [-0.1, -0.05) is 38.8 Å². The van der Waals surface area contributed by atoms with E-state index < -0.39 is 0 Å². The topological polar surface area (TPSA) is 64.9 Å². The molecule has 0 aromatic carbocycles. The molecule has 1 aliphatic rings. The van der Waals surface area contributed by atoms with Gasteiger partial charge < -0.3 is 10.3 Å². The third kappa shape index (κ3) is 2.91. The first-order valence-corrected chi connectivity index (χ1v) is 7.20. The molecule has 2 N–H and O–H groups in total. The van der Waals surface area contributed by atoms with E-state index in [1.54, 1.807) is 0 Å². The Bertz CT molecular complexity index is 369. The molecule has 18 heavy (non-hydrogen) atoms. The maximum Gasteiger partial charge on any atom is 0.231 e. The van der Waals surface area contributed by atoms with E-state index in [9.17, 15) is 0 Å². The highest BCUT2D eigenvalue weighted by Gasteiger charge is 2.26. The Morgan fingerprint density at radius 1 is 1.33 bits per heavy atom. The first-order chi connectivity index (χ1) is 8.61. The fourth-order valence-electron chi connectivity index (χ4n) is 2.65. The zero-order chi connectivity index (χ0) is 13.1. The predicted octanol–water partition coefficient (Wildman–Crippen LogP) is 3.20. The van der Waals surface area contributed by atoms with Gasteiger partial charge in [0, 0.05) is 12.0 Å². The van der Waals surface area contributed by atoms with Crippen LogP contribution in [0.15, 0.2) is 4.52 Å². The molecule has 0 saturated heterocycles. The fourth-order valence-corrected chi connectivity index (χ4v) is 2.65. The van der Waals surface area contributed by atoms with Crippen LogP contribution in [0.1, 0.15) is 76.4 Å². The Hall–Kier alpha value is -0.900. The van der Waals surface area contributed by atoms with Crippen molar-refractivity contribution < 1.29 is 4.52 Å². The lowest BCUT2D eigenvalue weighted by molar-refractivity contribution is 0.315. The van der Waals surface area contributed by atoms with Crippen molar-refractivity contribution in [3.63, 3.8) is 0 Å². The highest BCUT2D eigenvalue weighted by atomic mass is 16.5. The summed E-state index contributed by atoms with van der Waals surface area (Å²) in [6.45, 7) is 6.47. The van der Waals surface area contributed by atoms with Crippen LogP contribution < -0.4 is 5.73 Å². The van der Waals surface area contributed by atoms with E-state index in [1.165, 1.54) is 25.7 Å². The predicted molar refractivity (Wildman–Crippen MR) is 71.4 cm³/mol. The molecule has 0 aliphatic heterocycles. The molecule has 1 aromatic heterocycles. The molecule has 1 saturated carbocycles. The molecule has 2 atom stereocenters. The van der Waals surface area contributed by atoms with E-state index in [0.717, 1.165) is 18.2 Å². The summed E-state index contributed by atoms with van der Waals surface area (Å²) in [5.74, 6) is 3.09. The molecule has 4 nitrogen and oxygen atoms in total. The van der Waals surface area contributed by atoms with Crippen LogP contribution in [-0.4, -0.2) is 16.2 Å². The monoisotopic (exact) mass is 251 g/mol. The van der Waals surface area contributed by atoms with Crippen molar-refractivity contribution in [2.45, 2.75) is 70.8 Å². The van der Waals surface area contributed by atoms with E-state index in [2.05, 4.69) is 30.9 Å². The maximum atomic E-state index is 6.03. The molecule has 2 rings (SSSR count). The molecule has 0 radical (unpaired) electrons. The third-order valence-corrected chi connectivity index (χ3v) is 4.34. The fraction of sp³-hybridized carbons (Fsp3) is 0.857. The second-order valence-corrected chi connectivity index (χ2v) is 5.81. The lowest BCUT2D eigenvalue weighted by atomic mass is 9.83. The van der Waals surface area contributed by atoms with Crippen LogP contribution in [0.3, 0.4) is 0 Å². The summed E-state index contributed by atoms with van der Waals surface area (Å²) in [5, 5.41) is 4.16. The summed E-state index contributed by atoms with van der Waals surface area (Å²) in [6, 6.07) is 0.102. The number of aromatic nitrogens is 2. The zero-order valence-electron chi connectivity index (χ0n) is 11.7. The first kappa shape index (κ1) is 13.5. The van der Waals surface area contributed by atoms with Gasteiger partial charge in [0.2, 0.25) is 5.89 Å². The van der Waals surface area contributed by atoms with Crippen molar-refractivity contribution >= 4 is 0 Å².